The van der Waals surface area contributed by atoms with E-state index in [1.807, 2.05) is 6.92 Å². The molecule has 4 nitrogen and oxygen atoms in total. The first kappa shape index (κ1) is 14.5. The molecule has 2 heterocycles. The van der Waals surface area contributed by atoms with E-state index in [2.05, 4.69) is 29.5 Å². The third-order valence-electron chi connectivity index (χ3n) is 3.61. The molecule has 2 rings (SSSR count). The molecule has 106 valence electrons. The van der Waals surface area contributed by atoms with Crippen LogP contribution in [0.15, 0.2) is 0 Å². The van der Waals surface area contributed by atoms with Crippen LogP contribution >= 0.6 is 11.3 Å². The average Bonchev–Trinajstić information content (AvgIpc) is 2.74. The summed E-state index contributed by atoms with van der Waals surface area (Å²) in [5, 5.41) is 7.59. The number of carbonyl (C=O) groups is 1. The van der Waals surface area contributed by atoms with E-state index in [1.54, 1.807) is 11.3 Å². The lowest BCUT2D eigenvalue weighted by Gasteiger charge is -2.30. The van der Waals surface area contributed by atoms with Gasteiger partial charge in [-0.2, -0.15) is 0 Å². The lowest BCUT2D eigenvalue weighted by atomic mass is 9.95. The van der Waals surface area contributed by atoms with Gasteiger partial charge in [0.1, 0.15) is 4.88 Å². The highest BCUT2D eigenvalue weighted by atomic mass is 32.1. The summed E-state index contributed by atoms with van der Waals surface area (Å²) in [6.07, 6.45) is 3.04. The molecule has 2 atom stereocenters. The lowest BCUT2D eigenvalue weighted by Crippen LogP contribution is -2.48. The van der Waals surface area contributed by atoms with Gasteiger partial charge in [0.05, 0.1) is 10.7 Å². The molecule has 0 saturated carbocycles. The zero-order valence-electron chi connectivity index (χ0n) is 12.0. The molecular weight excluding hydrogens is 258 g/mol. The van der Waals surface area contributed by atoms with Gasteiger partial charge in [0.15, 0.2) is 0 Å². The Morgan fingerprint density at radius 3 is 3.05 bits per heavy atom. The fraction of sp³-hybridized carbons (Fsp3) is 0.714. The van der Waals surface area contributed by atoms with Crippen LogP contribution in [-0.2, 0) is 6.42 Å². The summed E-state index contributed by atoms with van der Waals surface area (Å²) in [6.45, 7) is 8.20. The third kappa shape index (κ3) is 3.54. The third-order valence-corrected chi connectivity index (χ3v) is 4.83. The molecule has 1 fully saturated rings. The van der Waals surface area contributed by atoms with Gasteiger partial charge in [-0.25, -0.2) is 4.98 Å². The number of nitrogens with zero attached hydrogens (tertiary/aromatic N) is 1. The van der Waals surface area contributed by atoms with Gasteiger partial charge in [0.2, 0.25) is 0 Å². The molecule has 1 aromatic heterocycles. The van der Waals surface area contributed by atoms with Gasteiger partial charge >= 0.3 is 0 Å². The number of thiazole rings is 1. The summed E-state index contributed by atoms with van der Waals surface area (Å²) in [4.78, 5) is 17.6. The van der Waals surface area contributed by atoms with E-state index >= 15 is 0 Å². The summed E-state index contributed by atoms with van der Waals surface area (Å²) in [6, 6.07) is 0.282. The normalized spacial score (nSPS) is 23.3. The van der Waals surface area contributed by atoms with Crippen molar-refractivity contribution in [2.24, 2.45) is 5.92 Å². The van der Waals surface area contributed by atoms with Crippen LogP contribution in [-0.4, -0.2) is 30.0 Å². The molecule has 0 radical (unpaired) electrons. The molecule has 1 aromatic rings. The number of piperidine rings is 1. The minimum absolute atomic E-state index is 0.0519. The first-order valence-electron chi connectivity index (χ1n) is 7.09. The van der Waals surface area contributed by atoms with Crippen LogP contribution in [0.5, 0.6) is 0 Å². The minimum atomic E-state index is 0.0519. The van der Waals surface area contributed by atoms with Crippen molar-refractivity contribution in [3.8, 4) is 0 Å². The Kier molecular flexibility index (Phi) is 4.93. The number of amides is 1. The highest BCUT2D eigenvalue weighted by Crippen LogP contribution is 2.20. The molecule has 0 spiro atoms. The number of carbonyl (C=O) groups excluding carboxylic acids is 1. The van der Waals surface area contributed by atoms with Crippen molar-refractivity contribution < 1.29 is 4.79 Å². The topological polar surface area (TPSA) is 54.0 Å². The van der Waals surface area contributed by atoms with Gasteiger partial charge in [0, 0.05) is 6.04 Å². The molecule has 1 amide bonds. The van der Waals surface area contributed by atoms with Gasteiger partial charge in [-0.15, -0.1) is 11.3 Å². The van der Waals surface area contributed by atoms with Gasteiger partial charge in [-0.3, -0.25) is 4.79 Å². The van der Waals surface area contributed by atoms with Crippen molar-refractivity contribution in [3.63, 3.8) is 0 Å². The fourth-order valence-electron chi connectivity index (χ4n) is 2.45. The highest BCUT2D eigenvalue weighted by molar-refractivity contribution is 7.13. The molecule has 19 heavy (non-hydrogen) atoms. The number of hydrogen-bond donors (Lipinski definition) is 2. The summed E-state index contributed by atoms with van der Waals surface area (Å²) < 4.78 is 0. The zero-order chi connectivity index (χ0) is 13.8. The van der Waals surface area contributed by atoms with E-state index in [0.717, 1.165) is 47.9 Å². The monoisotopic (exact) mass is 281 g/mol. The van der Waals surface area contributed by atoms with Gasteiger partial charge < -0.3 is 10.6 Å². The molecule has 5 heteroatoms. The fourth-order valence-corrected chi connectivity index (χ4v) is 3.52. The largest absolute Gasteiger partial charge is 0.348 e. The molecule has 2 N–H and O–H groups in total. The van der Waals surface area contributed by atoms with E-state index in [9.17, 15) is 4.79 Å². The van der Waals surface area contributed by atoms with E-state index in [4.69, 9.17) is 0 Å². The van der Waals surface area contributed by atoms with E-state index < -0.39 is 0 Å². The number of rotatable bonds is 4. The molecular formula is C14H23N3OS. The van der Waals surface area contributed by atoms with E-state index in [1.165, 1.54) is 0 Å². The molecule has 0 bridgehead atoms. The van der Waals surface area contributed by atoms with Crippen LogP contribution in [0.1, 0.15) is 47.1 Å². The number of nitrogens with one attached hydrogen (secondary N) is 2. The quantitative estimate of drug-likeness (QED) is 0.889. The van der Waals surface area contributed by atoms with Gasteiger partial charge in [0.25, 0.3) is 5.91 Å². The van der Waals surface area contributed by atoms with Crippen LogP contribution in [0.3, 0.4) is 0 Å². The maximum Gasteiger partial charge on any atom is 0.263 e. The SMILES string of the molecule is CCCc1nc(C)c(C(=O)NC2CCNCC2C)s1. The van der Waals surface area contributed by atoms with Crippen molar-refractivity contribution in [1.82, 2.24) is 15.6 Å². The summed E-state index contributed by atoms with van der Waals surface area (Å²) in [5.41, 5.74) is 0.868. The Bertz CT molecular complexity index is 444. The van der Waals surface area contributed by atoms with Crippen molar-refractivity contribution in [1.29, 1.82) is 0 Å². The van der Waals surface area contributed by atoms with Crippen molar-refractivity contribution in [2.45, 2.75) is 46.1 Å². The predicted octanol–water partition coefficient (Wildman–Crippen LogP) is 2.13. The average molecular weight is 281 g/mol. The molecule has 1 saturated heterocycles. The van der Waals surface area contributed by atoms with Crippen LogP contribution < -0.4 is 10.6 Å². The molecule has 0 aliphatic carbocycles. The molecule has 1 aliphatic rings. The number of aryl methyl sites for hydroxylation is 2. The maximum atomic E-state index is 12.3. The first-order chi connectivity index (χ1) is 9.11. The highest BCUT2D eigenvalue weighted by Gasteiger charge is 2.24. The lowest BCUT2D eigenvalue weighted by molar-refractivity contribution is 0.0917. The van der Waals surface area contributed by atoms with E-state index in [0.29, 0.717) is 5.92 Å². The Hall–Kier alpha value is -0.940. The van der Waals surface area contributed by atoms with Gasteiger partial charge in [-0.05, 0) is 45.2 Å². The van der Waals surface area contributed by atoms with Crippen LogP contribution in [0, 0.1) is 12.8 Å². The molecule has 1 aliphatic heterocycles. The van der Waals surface area contributed by atoms with Crippen molar-refractivity contribution in [3.05, 3.63) is 15.6 Å². The van der Waals surface area contributed by atoms with Crippen molar-refractivity contribution >= 4 is 17.2 Å². The van der Waals surface area contributed by atoms with Crippen LogP contribution in [0.2, 0.25) is 0 Å². The van der Waals surface area contributed by atoms with Crippen LogP contribution in [0.25, 0.3) is 0 Å². The number of hydrogen-bond acceptors (Lipinski definition) is 4. The number of aromatic nitrogens is 1. The van der Waals surface area contributed by atoms with Gasteiger partial charge in [-0.1, -0.05) is 13.8 Å². The zero-order valence-corrected chi connectivity index (χ0v) is 12.8. The second kappa shape index (κ2) is 6.48. The molecule has 2 unspecified atom stereocenters. The maximum absolute atomic E-state index is 12.3. The van der Waals surface area contributed by atoms with Crippen LogP contribution in [0.4, 0.5) is 0 Å². The second-order valence-electron chi connectivity index (χ2n) is 5.32. The predicted molar refractivity (Wildman–Crippen MR) is 78.8 cm³/mol. The second-order valence-corrected chi connectivity index (χ2v) is 6.41. The minimum Gasteiger partial charge on any atom is -0.348 e. The summed E-state index contributed by atoms with van der Waals surface area (Å²) >= 11 is 1.54. The summed E-state index contributed by atoms with van der Waals surface area (Å²) in [7, 11) is 0. The Morgan fingerprint density at radius 1 is 1.58 bits per heavy atom. The summed E-state index contributed by atoms with van der Waals surface area (Å²) in [5.74, 6) is 0.539. The Morgan fingerprint density at radius 2 is 2.37 bits per heavy atom. The first-order valence-corrected chi connectivity index (χ1v) is 7.91. The van der Waals surface area contributed by atoms with Crippen molar-refractivity contribution in [2.75, 3.05) is 13.1 Å². The Balaban J connectivity index is 2.02. The molecule has 0 aromatic carbocycles. The Labute approximate surface area is 119 Å². The standard InChI is InChI=1S/C14H23N3OS/c1-4-5-12-16-10(3)13(19-12)14(18)17-11-6-7-15-8-9(11)2/h9,11,15H,4-8H2,1-3H3,(H,17,18). The van der Waals surface area contributed by atoms with E-state index in [-0.39, 0.29) is 11.9 Å². The smallest absolute Gasteiger partial charge is 0.263 e.